The van der Waals surface area contributed by atoms with Crippen LogP contribution in [0.25, 0.3) is 0 Å². The molecular formula is C32H65O. The topological polar surface area (TPSA) is 9.23 Å². The molecule has 0 aromatic heterocycles. The lowest BCUT2D eigenvalue weighted by Crippen LogP contribution is -1.92. The predicted molar refractivity (Wildman–Crippen MR) is 151 cm³/mol. The third kappa shape index (κ3) is 32.0. The summed E-state index contributed by atoms with van der Waals surface area (Å²) < 4.78 is 5.72. The molecule has 0 fully saturated rings. The van der Waals surface area contributed by atoms with Crippen LogP contribution < -0.4 is 0 Å². The first kappa shape index (κ1) is 33.0. The third-order valence-corrected chi connectivity index (χ3v) is 7.16. The molecule has 0 atom stereocenters. The van der Waals surface area contributed by atoms with E-state index in [1.165, 1.54) is 173 Å². The van der Waals surface area contributed by atoms with E-state index in [9.17, 15) is 0 Å². The largest absolute Gasteiger partial charge is 0.376 e. The van der Waals surface area contributed by atoms with Gasteiger partial charge in [-0.15, -0.1) is 0 Å². The van der Waals surface area contributed by atoms with Gasteiger partial charge in [0.2, 0.25) is 0 Å². The van der Waals surface area contributed by atoms with Crippen LogP contribution in [-0.2, 0) is 4.74 Å². The highest BCUT2D eigenvalue weighted by molar-refractivity contribution is 4.54. The molecule has 0 bridgehead atoms. The van der Waals surface area contributed by atoms with E-state index in [4.69, 9.17) is 4.74 Å². The lowest BCUT2D eigenvalue weighted by molar-refractivity contribution is 0.183. The molecule has 0 unspecified atom stereocenters. The number of rotatable bonds is 30. The highest BCUT2D eigenvalue weighted by Gasteiger charge is 1.96. The second-order valence-corrected chi connectivity index (χ2v) is 10.7. The van der Waals surface area contributed by atoms with Crippen molar-refractivity contribution >= 4 is 0 Å². The Kier molecular flexibility index (Phi) is 31.9. The minimum absolute atomic E-state index is 0.941. The zero-order valence-electron chi connectivity index (χ0n) is 23.5. The van der Waals surface area contributed by atoms with Crippen LogP contribution in [0.2, 0.25) is 0 Å². The van der Waals surface area contributed by atoms with Crippen molar-refractivity contribution in [1.29, 1.82) is 0 Å². The molecule has 0 aliphatic carbocycles. The second kappa shape index (κ2) is 32.0. The Morgan fingerprint density at radius 3 is 0.939 bits per heavy atom. The smallest absolute Gasteiger partial charge is 0.0836 e. The Balaban J connectivity index is 2.99. The van der Waals surface area contributed by atoms with Gasteiger partial charge in [-0.2, -0.15) is 0 Å². The molecule has 1 nitrogen and oxygen atoms in total. The minimum Gasteiger partial charge on any atom is -0.376 e. The van der Waals surface area contributed by atoms with Crippen molar-refractivity contribution in [2.45, 2.75) is 194 Å². The van der Waals surface area contributed by atoms with E-state index in [2.05, 4.69) is 20.5 Å². The minimum atomic E-state index is 0.941. The van der Waals surface area contributed by atoms with Crippen LogP contribution in [0.15, 0.2) is 0 Å². The maximum Gasteiger partial charge on any atom is 0.0836 e. The van der Waals surface area contributed by atoms with E-state index < -0.39 is 0 Å². The van der Waals surface area contributed by atoms with Crippen LogP contribution in [0, 0.1) is 6.61 Å². The number of unbranched alkanes of at least 4 members (excludes halogenated alkanes) is 26. The first-order valence-corrected chi connectivity index (χ1v) is 15.8. The first-order valence-electron chi connectivity index (χ1n) is 15.8. The Hall–Kier alpha value is -0.0400. The maximum atomic E-state index is 5.72. The van der Waals surface area contributed by atoms with Gasteiger partial charge in [0.1, 0.15) is 0 Å². The van der Waals surface area contributed by atoms with Crippen LogP contribution >= 0.6 is 0 Å². The molecule has 0 aromatic carbocycles. The van der Waals surface area contributed by atoms with Gasteiger partial charge >= 0.3 is 0 Å². The molecule has 0 aliphatic heterocycles. The summed E-state index contributed by atoms with van der Waals surface area (Å²) in [6.45, 7) is 7.62. The van der Waals surface area contributed by atoms with Gasteiger partial charge in [0.05, 0.1) is 6.61 Å². The summed E-state index contributed by atoms with van der Waals surface area (Å²) in [6, 6.07) is 0. The summed E-state index contributed by atoms with van der Waals surface area (Å²) in [4.78, 5) is 0. The highest BCUT2D eigenvalue weighted by Crippen LogP contribution is 2.15. The average molecular weight is 466 g/mol. The van der Waals surface area contributed by atoms with Crippen LogP contribution in [-0.4, -0.2) is 6.61 Å². The van der Waals surface area contributed by atoms with Crippen molar-refractivity contribution in [2.75, 3.05) is 6.61 Å². The van der Waals surface area contributed by atoms with Crippen molar-refractivity contribution in [3.8, 4) is 0 Å². The van der Waals surface area contributed by atoms with E-state index in [1.54, 1.807) is 0 Å². The van der Waals surface area contributed by atoms with E-state index >= 15 is 0 Å². The molecule has 1 heteroatoms. The quantitative estimate of drug-likeness (QED) is 0.0958. The van der Waals surface area contributed by atoms with Gasteiger partial charge in [0, 0.05) is 6.61 Å². The van der Waals surface area contributed by atoms with E-state index in [0.29, 0.717) is 0 Å². The van der Waals surface area contributed by atoms with Gasteiger partial charge in [-0.3, -0.25) is 0 Å². The highest BCUT2D eigenvalue weighted by atomic mass is 16.5. The molecule has 0 rings (SSSR count). The predicted octanol–water partition coefficient (Wildman–Crippen LogP) is 12.1. The Morgan fingerprint density at radius 2 is 0.606 bits per heavy atom. The molecule has 0 heterocycles. The number of hydrogen-bond donors (Lipinski definition) is 0. The van der Waals surface area contributed by atoms with Crippen molar-refractivity contribution in [3.63, 3.8) is 0 Å². The van der Waals surface area contributed by atoms with Gasteiger partial charge < -0.3 is 4.74 Å². The summed E-state index contributed by atoms with van der Waals surface area (Å²) in [6.07, 6.45) is 39.7. The van der Waals surface area contributed by atoms with Gasteiger partial charge in [-0.25, -0.2) is 0 Å². The normalized spacial score (nSPS) is 11.5. The standard InChI is InChI=1S/C32H65O/c1-3-5-7-9-11-13-15-17-18-19-20-22-24-26-28-30-32-33-31-29-27-25-23-21-16-14-12-10-8-6-4-2/h32H,3-31H2,1-2H3. The van der Waals surface area contributed by atoms with Crippen molar-refractivity contribution < 1.29 is 4.74 Å². The summed E-state index contributed by atoms with van der Waals surface area (Å²) in [5.74, 6) is 0. The van der Waals surface area contributed by atoms with E-state index in [-0.39, 0.29) is 0 Å². The van der Waals surface area contributed by atoms with Crippen LogP contribution in [0.3, 0.4) is 0 Å². The maximum absolute atomic E-state index is 5.72. The molecule has 33 heavy (non-hydrogen) atoms. The number of hydrogen-bond acceptors (Lipinski definition) is 1. The Morgan fingerprint density at radius 1 is 0.333 bits per heavy atom. The zero-order chi connectivity index (χ0) is 23.9. The van der Waals surface area contributed by atoms with Crippen LogP contribution in [0.4, 0.5) is 0 Å². The summed E-state index contributed by atoms with van der Waals surface area (Å²) >= 11 is 0. The Bertz CT molecular complexity index is 284. The average Bonchev–Trinajstić information content (AvgIpc) is 2.83. The molecular weight excluding hydrogens is 400 g/mol. The fourth-order valence-corrected chi connectivity index (χ4v) is 4.79. The monoisotopic (exact) mass is 466 g/mol. The van der Waals surface area contributed by atoms with Gasteiger partial charge in [0.25, 0.3) is 0 Å². The van der Waals surface area contributed by atoms with Crippen LogP contribution in [0.5, 0.6) is 0 Å². The van der Waals surface area contributed by atoms with Crippen molar-refractivity contribution in [2.24, 2.45) is 0 Å². The van der Waals surface area contributed by atoms with E-state index in [0.717, 1.165) is 13.0 Å². The molecule has 199 valence electrons. The molecule has 0 amide bonds. The van der Waals surface area contributed by atoms with Gasteiger partial charge in [0.15, 0.2) is 0 Å². The Labute approximate surface area is 211 Å². The molecule has 0 aliphatic rings. The first-order chi connectivity index (χ1) is 16.4. The van der Waals surface area contributed by atoms with Crippen molar-refractivity contribution in [3.05, 3.63) is 6.61 Å². The molecule has 0 saturated carbocycles. The summed E-state index contributed by atoms with van der Waals surface area (Å²) in [5, 5.41) is 0. The fourth-order valence-electron chi connectivity index (χ4n) is 4.79. The molecule has 0 aromatic rings. The summed E-state index contributed by atoms with van der Waals surface area (Å²) in [5.41, 5.74) is 0. The van der Waals surface area contributed by atoms with Gasteiger partial charge in [-0.05, 0) is 12.8 Å². The molecule has 0 spiro atoms. The lowest BCUT2D eigenvalue weighted by atomic mass is 10.0. The van der Waals surface area contributed by atoms with E-state index in [1.807, 2.05) is 0 Å². The second-order valence-electron chi connectivity index (χ2n) is 10.7. The fraction of sp³-hybridized carbons (Fsp3) is 0.969. The SMILES string of the molecule is CCCCCCCCCCCCCCCCC[CH]OCCCCCCCCCCCCCC. The molecule has 0 N–H and O–H groups in total. The lowest BCUT2D eigenvalue weighted by Gasteiger charge is -2.05. The summed E-state index contributed by atoms with van der Waals surface area (Å²) in [7, 11) is 0. The van der Waals surface area contributed by atoms with Crippen LogP contribution in [0.1, 0.15) is 194 Å². The van der Waals surface area contributed by atoms with Crippen molar-refractivity contribution in [1.82, 2.24) is 0 Å². The third-order valence-electron chi connectivity index (χ3n) is 7.16. The van der Waals surface area contributed by atoms with Gasteiger partial charge in [-0.1, -0.05) is 181 Å². The molecule has 0 saturated heterocycles. The molecule has 1 radical (unpaired) electrons. The number of ether oxygens (including phenoxy) is 1. The zero-order valence-corrected chi connectivity index (χ0v) is 23.5.